The van der Waals surface area contributed by atoms with Gasteiger partial charge in [-0.1, -0.05) is 0 Å². The molecule has 1 aromatic heterocycles. The zero-order valence-corrected chi connectivity index (χ0v) is 10.1. The lowest BCUT2D eigenvalue weighted by Crippen LogP contribution is -2.26. The Bertz CT molecular complexity index is 499. The number of hydrogen-bond acceptors (Lipinski definition) is 3. The largest absolute Gasteiger partial charge is 0.374 e. The van der Waals surface area contributed by atoms with Crippen molar-refractivity contribution in [1.29, 1.82) is 0 Å². The van der Waals surface area contributed by atoms with Gasteiger partial charge in [-0.3, -0.25) is 0 Å². The molecule has 0 bridgehead atoms. The van der Waals surface area contributed by atoms with Gasteiger partial charge in [0.1, 0.15) is 0 Å². The molecule has 17 heavy (non-hydrogen) atoms. The van der Waals surface area contributed by atoms with Crippen LogP contribution < -0.4 is 10.2 Å². The van der Waals surface area contributed by atoms with Gasteiger partial charge in [0, 0.05) is 19.3 Å². The molecule has 2 heterocycles. The number of nitrogens with zero attached hydrogens (tertiary/aromatic N) is 2. The summed E-state index contributed by atoms with van der Waals surface area (Å²) in [6.45, 7) is 3.43. The zero-order chi connectivity index (χ0) is 11.7. The van der Waals surface area contributed by atoms with Crippen molar-refractivity contribution in [1.82, 2.24) is 15.3 Å². The highest BCUT2D eigenvalue weighted by Gasteiger charge is 2.16. The number of aromatic amines is 1. The predicted octanol–water partition coefficient (Wildman–Crippen LogP) is 1.61. The lowest BCUT2D eigenvalue weighted by molar-refractivity contribution is 0.578. The number of aromatic nitrogens is 2. The van der Waals surface area contributed by atoms with E-state index in [9.17, 15) is 0 Å². The summed E-state index contributed by atoms with van der Waals surface area (Å²) in [5.41, 5.74) is 3.40. The van der Waals surface area contributed by atoms with Gasteiger partial charge in [-0.2, -0.15) is 0 Å². The minimum atomic E-state index is 0.775. The van der Waals surface area contributed by atoms with Gasteiger partial charge in [0.25, 0.3) is 0 Å². The Kier molecular flexibility index (Phi) is 2.73. The first-order chi connectivity index (χ1) is 8.33. The summed E-state index contributed by atoms with van der Waals surface area (Å²) in [4.78, 5) is 9.73. The molecule has 1 saturated heterocycles. The maximum Gasteiger partial charge on any atom is 0.0931 e. The van der Waals surface area contributed by atoms with Gasteiger partial charge in [-0.25, -0.2) is 4.98 Å². The minimum Gasteiger partial charge on any atom is -0.374 e. The van der Waals surface area contributed by atoms with Crippen molar-refractivity contribution in [2.45, 2.75) is 6.42 Å². The Morgan fingerprint density at radius 1 is 1.47 bits per heavy atom. The number of fused-ring (bicyclic) bond motifs is 1. The van der Waals surface area contributed by atoms with E-state index < -0.39 is 0 Å². The minimum absolute atomic E-state index is 0.775. The monoisotopic (exact) mass is 230 g/mol. The van der Waals surface area contributed by atoms with Gasteiger partial charge >= 0.3 is 0 Å². The summed E-state index contributed by atoms with van der Waals surface area (Å²) in [5, 5.41) is 3.41. The molecular formula is C13H18N4. The SMILES string of the molecule is CN(CC1CCNC1)c1ccc2nc[nH]c2c1. The molecule has 1 fully saturated rings. The molecule has 4 heteroatoms. The molecule has 0 spiro atoms. The van der Waals surface area contributed by atoms with Gasteiger partial charge in [0.15, 0.2) is 0 Å². The van der Waals surface area contributed by atoms with Crippen LogP contribution in [0.2, 0.25) is 0 Å². The van der Waals surface area contributed by atoms with Crippen LogP contribution in [0.3, 0.4) is 0 Å². The summed E-state index contributed by atoms with van der Waals surface area (Å²) < 4.78 is 0. The Labute approximate surface area is 101 Å². The molecule has 2 N–H and O–H groups in total. The van der Waals surface area contributed by atoms with Crippen molar-refractivity contribution in [3.05, 3.63) is 24.5 Å². The van der Waals surface area contributed by atoms with Crippen molar-refractivity contribution >= 4 is 16.7 Å². The average Bonchev–Trinajstić information content (AvgIpc) is 2.97. The molecule has 4 nitrogen and oxygen atoms in total. The van der Waals surface area contributed by atoms with Crippen LogP contribution in [0.5, 0.6) is 0 Å². The molecule has 1 atom stereocenters. The van der Waals surface area contributed by atoms with Gasteiger partial charge in [-0.15, -0.1) is 0 Å². The normalized spacial score (nSPS) is 19.9. The second kappa shape index (κ2) is 4.37. The summed E-state index contributed by atoms with van der Waals surface area (Å²) in [5.74, 6) is 0.775. The van der Waals surface area contributed by atoms with Crippen LogP contribution in [-0.2, 0) is 0 Å². The van der Waals surface area contributed by atoms with Crippen LogP contribution in [0.1, 0.15) is 6.42 Å². The quantitative estimate of drug-likeness (QED) is 0.842. The Morgan fingerprint density at radius 2 is 2.41 bits per heavy atom. The molecule has 1 aliphatic rings. The first-order valence-electron chi connectivity index (χ1n) is 6.18. The first-order valence-corrected chi connectivity index (χ1v) is 6.18. The lowest BCUT2D eigenvalue weighted by Gasteiger charge is -2.22. The average molecular weight is 230 g/mol. The number of anilines is 1. The van der Waals surface area contributed by atoms with Crippen molar-refractivity contribution < 1.29 is 0 Å². The highest BCUT2D eigenvalue weighted by molar-refractivity contribution is 5.78. The van der Waals surface area contributed by atoms with Crippen LogP contribution in [0, 0.1) is 5.92 Å². The Morgan fingerprint density at radius 3 is 3.24 bits per heavy atom. The topological polar surface area (TPSA) is 44.0 Å². The smallest absolute Gasteiger partial charge is 0.0931 e. The third-order valence-corrected chi connectivity index (χ3v) is 3.54. The zero-order valence-electron chi connectivity index (χ0n) is 10.1. The summed E-state index contributed by atoms with van der Waals surface area (Å²) >= 11 is 0. The molecule has 1 aromatic carbocycles. The van der Waals surface area contributed by atoms with E-state index in [1.54, 1.807) is 6.33 Å². The number of imidazole rings is 1. The van der Waals surface area contributed by atoms with E-state index in [4.69, 9.17) is 0 Å². The van der Waals surface area contributed by atoms with Crippen molar-refractivity contribution in [2.75, 3.05) is 31.6 Å². The molecule has 3 rings (SSSR count). The molecule has 1 unspecified atom stereocenters. The highest BCUT2D eigenvalue weighted by Crippen LogP contribution is 2.20. The predicted molar refractivity (Wildman–Crippen MR) is 70.3 cm³/mol. The molecular weight excluding hydrogens is 212 g/mol. The van der Waals surface area contributed by atoms with E-state index in [0.717, 1.165) is 36.6 Å². The van der Waals surface area contributed by atoms with Gasteiger partial charge in [-0.05, 0) is 43.6 Å². The van der Waals surface area contributed by atoms with E-state index in [1.807, 2.05) is 0 Å². The lowest BCUT2D eigenvalue weighted by atomic mass is 10.1. The maximum atomic E-state index is 4.24. The molecule has 90 valence electrons. The van der Waals surface area contributed by atoms with Crippen molar-refractivity contribution in [3.63, 3.8) is 0 Å². The Hall–Kier alpha value is -1.55. The molecule has 2 aromatic rings. The van der Waals surface area contributed by atoms with Crippen LogP contribution in [0.15, 0.2) is 24.5 Å². The first kappa shape index (κ1) is 10.6. The molecule has 0 aliphatic carbocycles. The fourth-order valence-electron chi connectivity index (χ4n) is 2.52. The van der Waals surface area contributed by atoms with Crippen LogP contribution >= 0.6 is 0 Å². The fourth-order valence-corrected chi connectivity index (χ4v) is 2.52. The molecule has 0 amide bonds. The Balaban J connectivity index is 1.77. The summed E-state index contributed by atoms with van der Waals surface area (Å²) in [6.07, 6.45) is 3.03. The van der Waals surface area contributed by atoms with Gasteiger partial charge in [0.05, 0.1) is 17.4 Å². The molecule has 1 aliphatic heterocycles. The number of H-pyrrole nitrogens is 1. The van der Waals surface area contributed by atoms with E-state index >= 15 is 0 Å². The summed E-state index contributed by atoms with van der Waals surface area (Å²) in [7, 11) is 2.16. The van der Waals surface area contributed by atoms with Crippen molar-refractivity contribution in [2.24, 2.45) is 5.92 Å². The number of nitrogens with one attached hydrogen (secondary N) is 2. The fraction of sp³-hybridized carbons (Fsp3) is 0.462. The third kappa shape index (κ3) is 2.13. The van der Waals surface area contributed by atoms with Crippen LogP contribution in [-0.4, -0.2) is 36.6 Å². The number of hydrogen-bond donors (Lipinski definition) is 2. The second-order valence-corrected chi connectivity index (χ2v) is 4.84. The number of rotatable bonds is 3. The number of benzene rings is 1. The third-order valence-electron chi connectivity index (χ3n) is 3.54. The standard InChI is InChI=1S/C13H18N4/c1-17(8-10-4-5-14-7-10)11-2-3-12-13(6-11)16-9-15-12/h2-3,6,9-10,14H,4-5,7-8H2,1H3,(H,15,16). The van der Waals surface area contributed by atoms with Gasteiger partial charge < -0.3 is 15.2 Å². The molecule has 0 radical (unpaired) electrons. The van der Waals surface area contributed by atoms with Crippen LogP contribution in [0.4, 0.5) is 5.69 Å². The highest BCUT2D eigenvalue weighted by atomic mass is 15.1. The summed E-state index contributed by atoms with van der Waals surface area (Å²) in [6, 6.07) is 6.39. The maximum absolute atomic E-state index is 4.24. The molecule has 0 saturated carbocycles. The van der Waals surface area contributed by atoms with E-state index in [1.165, 1.54) is 12.1 Å². The van der Waals surface area contributed by atoms with E-state index in [0.29, 0.717) is 0 Å². The van der Waals surface area contributed by atoms with Crippen LogP contribution in [0.25, 0.3) is 11.0 Å². The van der Waals surface area contributed by atoms with Gasteiger partial charge in [0.2, 0.25) is 0 Å². The van der Waals surface area contributed by atoms with E-state index in [-0.39, 0.29) is 0 Å². The van der Waals surface area contributed by atoms with E-state index in [2.05, 4.69) is 45.4 Å². The second-order valence-electron chi connectivity index (χ2n) is 4.84. The van der Waals surface area contributed by atoms with Crippen molar-refractivity contribution in [3.8, 4) is 0 Å².